The van der Waals surface area contributed by atoms with Crippen LogP contribution in [-0.4, -0.2) is 35.2 Å². The van der Waals surface area contributed by atoms with Crippen LogP contribution in [0.2, 0.25) is 0 Å². The van der Waals surface area contributed by atoms with Gasteiger partial charge in [-0.3, -0.25) is 9.36 Å². The largest absolute Gasteiger partial charge is 0.349 e. The number of nitrogens with one attached hydrogen (secondary N) is 2. The normalized spacial score (nSPS) is 11.8. The summed E-state index contributed by atoms with van der Waals surface area (Å²) >= 11 is 0. The highest BCUT2D eigenvalue weighted by atomic mass is 16.1. The molecule has 0 saturated heterocycles. The summed E-state index contributed by atoms with van der Waals surface area (Å²) in [6.07, 6.45) is 1.66. The molecule has 0 amide bonds. The van der Waals surface area contributed by atoms with Crippen molar-refractivity contribution < 1.29 is 4.90 Å². The van der Waals surface area contributed by atoms with E-state index in [0.717, 1.165) is 28.5 Å². The zero-order valence-corrected chi connectivity index (χ0v) is 12.0. The van der Waals surface area contributed by atoms with Gasteiger partial charge in [-0.2, -0.15) is 0 Å². The Balaban J connectivity index is 2.21. The van der Waals surface area contributed by atoms with Crippen molar-refractivity contribution in [1.29, 1.82) is 0 Å². The third-order valence-electron chi connectivity index (χ3n) is 3.66. The predicted octanol–water partition coefficient (Wildman–Crippen LogP) is 0.331. The van der Waals surface area contributed by atoms with Gasteiger partial charge < -0.3 is 9.88 Å². The Hall–Kier alpha value is -2.14. The Kier molecular flexibility index (Phi) is 3.06. The highest BCUT2D eigenvalue weighted by Gasteiger charge is 2.12. The third-order valence-corrected chi connectivity index (χ3v) is 3.66. The first kappa shape index (κ1) is 12.9. The van der Waals surface area contributed by atoms with Crippen LogP contribution in [0.1, 0.15) is 5.56 Å². The zero-order valence-electron chi connectivity index (χ0n) is 12.0. The lowest BCUT2D eigenvalue weighted by molar-refractivity contribution is -0.858. The molecule has 0 aliphatic heterocycles. The summed E-state index contributed by atoms with van der Waals surface area (Å²) in [5.74, 6) is 0. The molecular formula is C15H19N4O+. The Bertz CT molecular complexity index is 829. The minimum Gasteiger partial charge on any atom is -0.349 e. The first-order valence-electron chi connectivity index (χ1n) is 6.83. The van der Waals surface area contributed by atoms with Gasteiger partial charge in [0.25, 0.3) is 5.56 Å². The standard InChI is InChI=1S/C15H18N4O/c1-10-5-4-6-11-12(10)13-14(17-11)15(20)19(9-16-13)8-7-18(2)3/h4-6,9,17H,7-8H2,1-3H3/p+1. The summed E-state index contributed by atoms with van der Waals surface area (Å²) in [6.45, 7) is 3.61. The number of aromatic amines is 1. The number of quaternary nitrogens is 1. The summed E-state index contributed by atoms with van der Waals surface area (Å²) in [5.41, 5.74) is 3.49. The van der Waals surface area contributed by atoms with Crippen LogP contribution in [-0.2, 0) is 6.54 Å². The molecule has 3 aromatic rings. The molecule has 0 spiro atoms. The number of aromatic nitrogens is 3. The average Bonchev–Trinajstić information content (AvgIpc) is 2.78. The third kappa shape index (κ3) is 2.00. The summed E-state index contributed by atoms with van der Waals surface area (Å²) in [7, 11) is 4.15. The van der Waals surface area contributed by atoms with E-state index >= 15 is 0 Å². The lowest BCUT2D eigenvalue weighted by Gasteiger charge is -2.08. The summed E-state index contributed by atoms with van der Waals surface area (Å²) in [6, 6.07) is 6.01. The fourth-order valence-electron chi connectivity index (χ4n) is 2.52. The van der Waals surface area contributed by atoms with E-state index in [1.54, 1.807) is 10.9 Å². The van der Waals surface area contributed by atoms with E-state index in [4.69, 9.17) is 0 Å². The predicted molar refractivity (Wildman–Crippen MR) is 80.3 cm³/mol. The van der Waals surface area contributed by atoms with Gasteiger partial charge in [0, 0.05) is 10.9 Å². The fraction of sp³-hybridized carbons (Fsp3) is 0.333. The molecule has 2 heterocycles. The summed E-state index contributed by atoms with van der Waals surface area (Å²) in [4.78, 5) is 21.5. The highest BCUT2D eigenvalue weighted by Crippen LogP contribution is 2.24. The molecule has 0 saturated carbocycles. The number of likely N-dealkylation sites (N-methyl/N-ethyl adjacent to an activating group) is 1. The van der Waals surface area contributed by atoms with Gasteiger partial charge in [-0.05, 0) is 18.6 Å². The molecule has 0 fully saturated rings. The molecule has 0 unspecified atom stereocenters. The van der Waals surface area contributed by atoms with E-state index in [1.807, 2.05) is 25.1 Å². The molecule has 1 aromatic carbocycles. The molecule has 0 aliphatic rings. The molecule has 5 heteroatoms. The first-order chi connectivity index (χ1) is 9.58. The number of fused-ring (bicyclic) bond motifs is 3. The number of benzene rings is 1. The maximum Gasteiger partial charge on any atom is 0.277 e. The number of hydrogen-bond donors (Lipinski definition) is 2. The second-order valence-corrected chi connectivity index (χ2v) is 5.55. The van der Waals surface area contributed by atoms with Gasteiger partial charge in [0.15, 0.2) is 0 Å². The van der Waals surface area contributed by atoms with Crippen molar-refractivity contribution in [2.45, 2.75) is 13.5 Å². The van der Waals surface area contributed by atoms with Crippen LogP contribution in [0.3, 0.4) is 0 Å². The van der Waals surface area contributed by atoms with E-state index in [-0.39, 0.29) is 5.56 Å². The molecular weight excluding hydrogens is 252 g/mol. The minimum absolute atomic E-state index is 0.00634. The van der Waals surface area contributed by atoms with Crippen molar-refractivity contribution in [3.63, 3.8) is 0 Å². The topological polar surface area (TPSA) is 55.1 Å². The van der Waals surface area contributed by atoms with Crippen molar-refractivity contribution in [2.24, 2.45) is 0 Å². The molecule has 0 aliphatic carbocycles. The second kappa shape index (κ2) is 4.76. The van der Waals surface area contributed by atoms with Gasteiger partial charge >= 0.3 is 0 Å². The molecule has 0 bridgehead atoms. The average molecular weight is 271 g/mol. The molecule has 20 heavy (non-hydrogen) atoms. The van der Waals surface area contributed by atoms with Crippen molar-refractivity contribution in [3.05, 3.63) is 40.4 Å². The molecule has 0 atom stereocenters. The quantitative estimate of drug-likeness (QED) is 0.721. The summed E-state index contributed by atoms with van der Waals surface area (Å²) < 4.78 is 1.68. The Labute approximate surface area is 116 Å². The maximum atomic E-state index is 12.5. The van der Waals surface area contributed by atoms with E-state index < -0.39 is 0 Å². The molecule has 104 valence electrons. The van der Waals surface area contributed by atoms with Crippen LogP contribution in [0, 0.1) is 6.92 Å². The van der Waals surface area contributed by atoms with E-state index in [0.29, 0.717) is 12.1 Å². The highest BCUT2D eigenvalue weighted by molar-refractivity contribution is 6.06. The Morgan fingerprint density at radius 3 is 2.90 bits per heavy atom. The lowest BCUT2D eigenvalue weighted by atomic mass is 10.1. The second-order valence-electron chi connectivity index (χ2n) is 5.55. The van der Waals surface area contributed by atoms with Crippen LogP contribution in [0.15, 0.2) is 29.3 Å². The van der Waals surface area contributed by atoms with Gasteiger partial charge in [-0.1, -0.05) is 12.1 Å². The molecule has 5 nitrogen and oxygen atoms in total. The van der Waals surface area contributed by atoms with Crippen LogP contribution in [0.5, 0.6) is 0 Å². The van der Waals surface area contributed by atoms with Crippen molar-refractivity contribution in [3.8, 4) is 0 Å². The Morgan fingerprint density at radius 2 is 2.15 bits per heavy atom. The van der Waals surface area contributed by atoms with Gasteiger partial charge in [0.1, 0.15) is 11.0 Å². The van der Waals surface area contributed by atoms with Gasteiger partial charge in [-0.25, -0.2) is 4.98 Å². The van der Waals surface area contributed by atoms with Crippen molar-refractivity contribution in [2.75, 3.05) is 20.6 Å². The number of hydrogen-bond acceptors (Lipinski definition) is 2. The first-order valence-corrected chi connectivity index (χ1v) is 6.83. The zero-order chi connectivity index (χ0) is 14.3. The lowest BCUT2D eigenvalue weighted by Crippen LogP contribution is -3.06. The van der Waals surface area contributed by atoms with Crippen LogP contribution < -0.4 is 10.5 Å². The van der Waals surface area contributed by atoms with Crippen molar-refractivity contribution in [1.82, 2.24) is 14.5 Å². The van der Waals surface area contributed by atoms with Crippen LogP contribution in [0.25, 0.3) is 21.9 Å². The van der Waals surface area contributed by atoms with E-state index in [2.05, 4.69) is 24.1 Å². The fourth-order valence-corrected chi connectivity index (χ4v) is 2.52. The van der Waals surface area contributed by atoms with Crippen LogP contribution in [0.4, 0.5) is 0 Å². The molecule has 0 radical (unpaired) electrons. The van der Waals surface area contributed by atoms with Crippen molar-refractivity contribution >= 4 is 21.9 Å². The smallest absolute Gasteiger partial charge is 0.277 e. The number of H-pyrrole nitrogens is 1. The van der Waals surface area contributed by atoms with Crippen LogP contribution >= 0.6 is 0 Å². The van der Waals surface area contributed by atoms with E-state index in [9.17, 15) is 4.79 Å². The summed E-state index contributed by atoms with van der Waals surface area (Å²) in [5, 5.41) is 1.05. The van der Waals surface area contributed by atoms with Gasteiger partial charge in [0.2, 0.25) is 0 Å². The maximum absolute atomic E-state index is 12.5. The van der Waals surface area contributed by atoms with Gasteiger partial charge in [-0.15, -0.1) is 0 Å². The number of nitrogens with zero attached hydrogens (tertiary/aromatic N) is 2. The molecule has 2 aromatic heterocycles. The van der Waals surface area contributed by atoms with E-state index in [1.165, 1.54) is 4.90 Å². The molecule has 2 N–H and O–H groups in total. The Morgan fingerprint density at radius 1 is 1.35 bits per heavy atom. The monoisotopic (exact) mass is 271 g/mol. The molecule has 3 rings (SSSR count). The SMILES string of the molecule is Cc1cccc2[nH]c3c(=O)n(CC[NH+](C)C)cnc3c12. The minimum atomic E-state index is 0.00634. The van der Waals surface area contributed by atoms with Gasteiger partial charge in [0.05, 0.1) is 33.5 Å². The number of aryl methyl sites for hydroxylation is 1. The number of rotatable bonds is 3.